The van der Waals surface area contributed by atoms with Gasteiger partial charge in [0, 0.05) is 18.1 Å². The quantitative estimate of drug-likeness (QED) is 0.707. The molecule has 0 saturated heterocycles. The van der Waals surface area contributed by atoms with Crippen LogP contribution in [0.5, 0.6) is 11.5 Å². The van der Waals surface area contributed by atoms with E-state index in [9.17, 15) is 4.79 Å². The van der Waals surface area contributed by atoms with Crippen LogP contribution in [0.15, 0.2) is 54.6 Å². The molecule has 24 heavy (non-hydrogen) atoms. The van der Waals surface area contributed by atoms with Crippen LogP contribution in [0.4, 0.5) is 0 Å². The maximum Gasteiger partial charge on any atom is 0.260 e. The second-order valence-corrected chi connectivity index (χ2v) is 6.35. The van der Waals surface area contributed by atoms with Gasteiger partial charge in [0.05, 0.1) is 7.11 Å². The Morgan fingerprint density at radius 1 is 1.08 bits per heavy atom. The smallest absolute Gasteiger partial charge is 0.260 e. The maximum atomic E-state index is 12.1. The number of nitrogens with one attached hydrogen (secondary N) is 1. The fraction of sp³-hybridized carbons (Fsp3) is 0.316. The number of methoxy groups -OCH3 is 1. The van der Waals surface area contributed by atoms with Crippen LogP contribution in [0.2, 0.25) is 0 Å². The number of amides is 1. The molecule has 1 atom stereocenters. The SMILES string of the molecule is COc1ccccc1O[C@@H](C)C(=O)NCCSCc1ccccc1. The molecule has 128 valence electrons. The Labute approximate surface area is 147 Å². The standard InChI is InChI=1S/C19H23NO3S/c1-15(23-18-11-7-6-10-17(18)22-2)19(21)20-12-13-24-14-16-8-4-3-5-9-16/h3-11,15H,12-14H2,1-2H3,(H,20,21)/t15-/m0/s1. The third-order valence-electron chi connectivity index (χ3n) is 3.40. The second-order valence-electron chi connectivity index (χ2n) is 5.24. The van der Waals surface area contributed by atoms with Crippen LogP contribution in [0.25, 0.3) is 0 Å². The van der Waals surface area contributed by atoms with Crippen molar-refractivity contribution in [2.75, 3.05) is 19.4 Å². The first-order chi connectivity index (χ1) is 11.7. The lowest BCUT2D eigenvalue weighted by Gasteiger charge is -2.16. The molecule has 0 aliphatic rings. The summed E-state index contributed by atoms with van der Waals surface area (Å²) < 4.78 is 10.9. The predicted molar refractivity (Wildman–Crippen MR) is 98.7 cm³/mol. The van der Waals surface area contributed by atoms with Crippen LogP contribution < -0.4 is 14.8 Å². The highest BCUT2D eigenvalue weighted by Crippen LogP contribution is 2.26. The molecule has 2 rings (SSSR count). The summed E-state index contributed by atoms with van der Waals surface area (Å²) in [5, 5.41) is 2.90. The lowest BCUT2D eigenvalue weighted by Crippen LogP contribution is -2.37. The molecule has 4 nitrogen and oxygen atoms in total. The van der Waals surface area contributed by atoms with Crippen LogP contribution in [0.3, 0.4) is 0 Å². The Morgan fingerprint density at radius 2 is 1.75 bits per heavy atom. The summed E-state index contributed by atoms with van der Waals surface area (Å²) >= 11 is 1.79. The van der Waals surface area contributed by atoms with Crippen LogP contribution >= 0.6 is 11.8 Å². The fourth-order valence-corrected chi connectivity index (χ4v) is 2.93. The Balaban J connectivity index is 1.68. The fourth-order valence-electron chi connectivity index (χ4n) is 2.11. The minimum Gasteiger partial charge on any atom is -0.493 e. The largest absolute Gasteiger partial charge is 0.493 e. The van der Waals surface area contributed by atoms with Crippen LogP contribution in [0.1, 0.15) is 12.5 Å². The second kappa shape index (κ2) is 9.88. The van der Waals surface area contributed by atoms with Gasteiger partial charge in [-0.05, 0) is 24.6 Å². The Hall–Kier alpha value is -2.14. The van der Waals surface area contributed by atoms with Crippen molar-refractivity contribution in [2.24, 2.45) is 0 Å². The number of hydrogen-bond acceptors (Lipinski definition) is 4. The molecule has 0 aromatic heterocycles. The summed E-state index contributed by atoms with van der Waals surface area (Å²) in [7, 11) is 1.58. The molecule has 0 unspecified atom stereocenters. The minimum atomic E-state index is -0.569. The van der Waals surface area contributed by atoms with Gasteiger partial charge in [-0.25, -0.2) is 0 Å². The van der Waals surface area contributed by atoms with Gasteiger partial charge >= 0.3 is 0 Å². The summed E-state index contributed by atoms with van der Waals surface area (Å²) in [6.45, 7) is 2.36. The zero-order valence-corrected chi connectivity index (χ0v) is 14.8. The lowest BCUT2D eigenvalue weighted by atomic mass is 10.2. The molecule has 2 aromatic carbocycles. The van der Waals surface area contributed by atoms with E-state index in [1.54, 1.807) is 37.9 Å². The molecule has 2 aromatic rings. The van der Waals surface area contributed by atoms with Crippen molar-refractivity contribution in [1.82, 2.24) is 5.32 Å². The van der Waals surface area contributed by atoms with Gasteiger partial charge < -0.3 is 14.8 Å². The molecule has 0 aliphatic carbocycles. The predicted octanol–water partition coefficient (Wildman–Crippen LogP) is 3.51. The van der Waals surface area contributed by atoms with E-state index in [2.05, 4.69) is 17.4 Å². The average Bonchev–Trinajstić information content (AvgIpc) is 2.62. The highest BCUT2D eigenvalue weighted by molar-refractivity contribution is 7.98. The van der Waals surface area contributed by atoms with Crippen molar-refractivity contribution in [3.05, 3.63) is 60.2 Å². The van der Waals surface area contributed by atoms with E-state index in [0.29, 0.717) is 18.0 Å². The lowest BCUT2D eigenvalue weighted by molar-refractivity contribution is -0.127. The maximum absolute atomic E-state index is 12.1. The van der Waals surface area contributed by atoms with Crippen LogP contribution in [-0.4, -0.2) is 31.4 Å². The first-order valence-electron chi connectivity index (χ1n) is 7.89. The molecule has 1 amide bonds. The third kappa shape index (κ3) is 5.81. The topological polar surface area (TPSA) is 47.6 Å². The van der Waals surface area contributed by atoms with E-state index in [1.807, 2.05) is 30.3 Å². The summed E-state index contributed by atoms with van der Waals surface area (Å²) in [4.78, 5) is 12.1. The molecule has 5 heteroatoms. The van der Waals surface area contributed by atoms with Crippen molar-refractivity contribution in [2.45, 2.75) is 18.8 Å². The van der Waals surface area contributed by atoms with Gasteiger partial charge in [-0.3, -0.25) is 4.79 Å². The van der Waals surface area contributed by atoms with E-state index >= 15 is 0 Å². The normalized spacial score (nSPS) is 11.6. The molecule has 0 aliphatic heterocycles. The molecule has 1 N–H and O–H groups in total. The number of hydrogen-bond donors (Lipinski definition) is 1. The number of thioether (sulfide) groups is 1. The molecule has 0 radical (unpaired) electrons. The van der Waals surface area contributed by atoms with Crippen molar-refractivity contribution < 1.29 is 14.3 Å². The van der Waals surface area contributed by atoms with E-state index in [-0.39, 0.29) is 5.91 Å². The zero-order chi connectivity index (χ0) is 17.2. The van der Waals surface area contributed by atoms with E-state index in [1.165, 1.54) is 5.56 Å². The van der Waals surface area contributed by atoms with E-state index in [4.69, 9.17) is 9.47 Å². The molecular weight excluding hydrogens is 322 g/mol. The average molecular weight is 345 g/mol. The minimum absolute atomic E-state index is 0.124. The van der Waals surface area contributed by atoms with Gasteiger partial charge in [-0.1, -0.05) is 42.5 Å². The van der Waals surface area contributed by atoms with Crippen molar-refractivity contribution >= 4 is 17.7 Å². The monoisotopic (exact) mass is 345 g/mol. The van der Waals surface area contributed by atoms with Gasteiger partial charge in [0.1, 0.15) is 0 Å². The van der Waals surface area contributed by atoms with Gasteiger partial charge in [-0.15, -0.1) is 0 Å². The van der Waals surface area contributed by atoms with Gasteiger partial charge in [0.25, 0.3) is 5.91 Å². The molecule has 0 saturated carbocycles. The number of benzene rings is 2. The molecule has 0 bridgehead atoms. The van der Waals surface area contributed by atoms with Crippen LogP contribution in [-0.2, 0) is 10.5 Å². The summed E-state index contributed by atoms with van der Waals surface area (Å²) in [6.07, 6.45) is -0.569. The molecule has 0 fully saturated rings. The van der Waals surface area contributed by atoms with Gasteiger partial charge in [0.15, 0.2) is 17.6 Å². The number of carbonyl (C=O) groups is 1. The zero-order valence-electron chi connectivity index (χ0n) is 14.0. The Kier molecular flexibility index (Phi) is 7.49. The van der Waals surface area contributed by atoms with E-state index in [0.717, 1.165) is 11.5 Å². The highest BCUT2D eigenvalue weighted by atomic mass is 32.2. The number of carbonyl (C=O) groups excluding carboxylic acids is 1. The first-order valence-corrected chi connectivity index (χ1v) is 9.05. The van der Waals surface area contributed by atoms with Crippen molar-refractivity contribution in [1.29, 1.82) is 0 Å². The number of rotatable bonds is 9. The molecule has 0 heterocycles. The number of para-hydroxylation sites is 2. The van der Waals surface area contributed by atoms with Crippen molar-refractivity contribution in [3.8, 4) is 11.5 Å². The molecular formula is C19H23NO3S. The summed E-state index contributed by atoms with van der Waals surface area (Å²) in [5.41, 5.74) is 1.29. The van der Waals surface area contributed by atoms with Gasteiger partial charge in [0.2, 0.25) is 0 Å². The Morgan fingerprint density at radius 3 is 2.46 bits per heavy atom. The highest BCUT2D eigenvalue weighted by Gasteiger charge is 2.15. The summed E-state index contributed by atoms with van der Waals surface area (Å²) in [6, 6.07) is 17.6. The van der Waals surface area contributed by atoms with Crippen LogP contribution in [0, 0.1) is 0 Å². The third-order valence-corrected chi connectivity index (χ3v) is 4.43. The van der Waals surface area contributed by atoms with E-state index < -0.39 is 6.10 Å². The van der Waals surface area contributed by atoms with Crippen molar-refractivity contribution in [3.63, 3.8) is 0 Å². The first kappa shape index (κ1) is 18.2. The number of ether oxygens (including phenoxy) is 2. The summed E-state index contributed by atoms with van der Waals surface area (Å²) in [5.74, 6) is 2.88. The van der Waals surface area contributed by atoms with Gasteiger partial charge in [-0.2, -0.15) is 11.8 Å². The Bertz CT molecular complexity index is 634. The molecule has 0 spiro atoms.